The van der Waals surface area contributed by atoms with Gasteiger partial charge in [-0.25, -0.2) is 9.59 Å². The molecule has 0 saturated heterocycles. The summed E-state index contributed by atoms with van der Waals surface area (Å²) in [5, 5.41) is 18.3. The second-order valence-corrected chi connectivity index (χ2v) is 6.88. The molecule has 0 aliphatic heterocycles. The van der Waals surface area contributed by atoms with Crippen LogP contribution in [-0.2, 0) is 19.1 Å². The minimum Gasteiger partial charge on any atom is -0.467 e. The molecule has 2 amide bonds. The largest absolute Gasteiger partial charge is 0.467 e. The van der Waals surface area contributed by atoms with Crippen molar-refractivity contribution in [3.05, 3.63) is 60.2 Å². The number of ether oxygens (including phenoxy) is 2. The van der Waals surface area contributed by atoms with Crippen molar-refractivity contribution in [1.82, 2.24) is 19.8 Å². The average Bonchev–Trinajstić information content (AvgIpc) is 2.91. The van der Waals surface area contributed by atoms with Gasteiger partial charge in [0, 0.05) is 26.0 Å². The van der Waals surface area contributed by atoms with Gasteiger partial charge in [-0.3, -0.25) is 19.6 Å². The van der Waals surface area contributed by atoms with Gasteiger partial charge in [-0.05, 0) is 31.2 Å². The normalized spacial score (nSPS) is 11.7. The van der Waals surface area contributed by atoms with E-state index in [0.29, 0.717) is 0 Å². The van der Waals surface area contributed by atoms with Crippen LogP contribution in [0.2, 0.25) is 0 Å². The Morgan fingerprint density at radius 3 is 1.66 bits per heavy atom. The number of methoxy groups -OCH3 is 2. The van der Waals surface area contributed by atoms with Crippen LogP contribution in [-0.4, -0.2) is 107 Å². The Hall–Kier alpha value is -3.90. The third-order valence-corrected chi connectivity index (χ3v) is 4.83. The number of carbonyl (C=O) groups is 4. The first kappa shape index (κ1) is 29.1. The van der Waals surface area contributed by atoms with Gasteiger partial charge in [0.05, 0.1) is 27.4 Å². The lowest BCUT2D eigenvalue weighted by Crippen LogP contribution is -2.47. The molecule has 0 fully saturated rings. The van der Waals surface area contributed by atoms with Gasteiger partial charge in [-0.1, -0.05) is 12.1 Å². The number of nitrogens with zero attached hydrogens (tertiary/aromatic N) is 4. The molecule has 0 aromatic carbocycles. The molecule has 0 aliphatic carbocycles. The van der Waals surface area contributed by atoms with Crippen molar-refractivity contribution in [2.45, 2.75) is 19.0 Å². The van der Waals surface area contributed by atoms with E-state index < -0.39 is 49.1 Å². The first-order valence-electron chi connectivity index (χ1n) is 10.5. The SMILES string of the molecule is CCN(C(=O)c1ccccn1)C(CO)C(=O)OC.COC(=O)C(CO)N(C)C(=O)c1ccccn1. The molecule has 2 aromatic rings. The summed E-state index contributed by atoms with van der Waals surface area (Å²) in [6.45, 7) is 1.00. The minimum atomic E-state index is -1.02. The van der Waals surface area contributed by atoms with Crippen LogP contribution < -0.4 is 0 Å². The number of aromatic nitrogens is 2. The Bertz CT molecular complexity index is 959. The quantitative estimate of drug-likeness (QED) is 0.449. The summed E-state index contributed by atoms with van der Waals surface area (Å²) in [6.07, 6.45) is 2.97. The number of hydrogen-bond donors (Lipinski definition) is 2. The van der Waals surface area contributed by atoms with Crippen LogP contribution in [0.1, 0.15) is 27.9 Å². The molecule has 35 heavy (non-hydrogen) atoms. The van der Waals surface area contributed by atoms with Crippen LogP contribution >= 0.6 is 0 Å². The fourth-order valence-electron chi connectivity index (χ4n) is 2.88. The van der Waals surface area contributed by atoms with Crippen molar-refractivity contribution in [3.63, 3.8) is 0 Å². The number of amides is 2. The third kappa shape index (κ3) is 8.12. The summed E-state index contributed by atoms with van der Waals surface area (Å²) in [5.74, 6) is -2.18. The predicted octanol–water partition coefficient (Wildman–Crippen LogP) is -0.235. The zero-order valence-electron chi connectivity index (χ0n) is 20.0. The zero-order chi connectivity index (χ0) is 26.4. The fourth-order valence-corrected chi connectivity index (χ4v) is 2.88. The lowest BCUT2D eigenvalue weighted by molar-refractivity contribution is -0.148. The Labute approximate surface area is 203 Å². The van der Waals surface area contributed by atoms with Crippen LogP contribution in [0.5, 0.6) is 0 Å². The van der Waals surface area contributed by atoms with Gasteiger partial charge >= 0.3 is 11.9 Å². The van der Waals surface area contributed by atoms with E-state index in [9.17, 15) is 24.3 Å². The van der Waals surface area contributed by atoms with Crippen molar-refractivity contribution in [2.75, 3.05) is 41.0 Å². The molecular weight excluding hydrogens is 460 g/mol. The van der Waals surface area contributed by atoms with E-state index in [1.54, 1.807) is 37.3 Å². The highest BCUT2D eigenvalue weighted by Crippen LogP contribution is 2.08. The third-order valence-electron chi connectivity index (χ3n) is 4.83. The number of aliphatic hydroxyl groups excluding tert-OH is 2. The Balaban J connectivity index is 0.000000351. The topological polar surface area (TPSA) is 159 Å². The minimum absolute atomic E-state index is 0.206. The van der Waals surface area contributed by atoms with Crippen LogP contribution in [0.15, 0.2) is 48.8 Å². The fraction of sp³-hybridized carbons (Fsp3) is 0.391. The number of carbonyl (C=O) groups excluding carboxylic acids is 4. The second-order valence-electron chi connectivity index (χ2n) is 6.88. The predicted molar refractivity (Wildman–Crippen MR) is 123 cm³/mol. The van der Waals surface area contributed by atoms with Gasteiger partial charge in [0.1, 0.15) is 11.4 Å². The maximum Gasteiger partial charge on any atom is 0.331 e. The maximum absolute atomic E-state index is 12.1. The van der Waals surface area contributed by atoms with Crippen molar-refractivity contribution < 1.29 is 38.9 Å². The van der Waals surface area contributed by atoms with Crippen LogP contribution in [0, 0.1) is 0 Å². The van der Waals surface area contributed by atoms with Crippen molar-refractivity contribution in [2.24, 2.45) is 0 Å². The molecule has 12 nitrogen and oxygen atoms in total. The van der Waals surface area contributed by atoms with Crippen LogP contribution in [0.4, 0.5) is 0 Å². The number of aliphatic hydroxyl groups is 2. The Morgan fingerprint density at radius 1 is 0.829 bits per heavy atom. The molecule has 0 spiro atoms. The molecule has 2 unspecified atom stereocenters. The number of rotatable bonds is 9. The first-order chi connectivity index (χ1) is 16.8. The summed E-state index contributed by atoms with van der Waals surface area (Å²) in [6, 6.07) is 7.78. The second kappa shape index (κ2) is 15.1. The molecule has 2 rings (SSSR count). The van der Waals surface area contributed by atoms with E-state index in [1.807, 2.05) is 0 Å². The van der Waals surface area contributed by atoms with Crippen LogP contribution in [0.3, 0.4) is 0 Å². The molecular formula is C23H30N4O8. The Kier molecular flexibility index (Phi) is 12.6. The molecule has 0 saturated carbocycles. The van der Waals surface area contributed by atoms with Gasteiger partial charge in [-0.2, -0.15) is 0 Å². The molecule has 12 heteroatoms. The van der Waals surface area contributed by atoms with E-state index in [1.165, 1.54) is 44.6 Å². The highest BCUT2D eigenvalue weighted by molar-refractivity contribution is 5.95. The molecule has 2 aromatic heterocycles. The summed E-state index contributed by atoms with van der Waals surface area (Å²) >= 11 is 0. The average molecular weight is 491 g/mol. The monoisotopic (exact) mass is 490 g/mol. The van der Waals surface area contributed by atoms with E-state index in [2.05, 4.69) is 19.4 Å². The van der Waals surface area contributed by atoms with Crippen LogP contribution in [0.25, 0.3) is 0 Å². The summed E-state index contributed by atoms with van der Waals surface area (Å²) in [4.78, 5) is 57.0. The van der Waals surface area contributed by atoms with Crippen molar-refractivity contribution >= 4 is 23.8 Å². The van der Waals surface area contributed by atoms with E-state index in [0.717, 1.165) is 4.90 Å². The maximum atomic E-state index is 12.1. The lowest BCUT2D eigenvalue weighted by Gasteiger charge is -2.27. The zero-order valence-corrected chi connectivity index (χ0v) is 20.0. The van der Waals surface area contributed by atoms with Gasteiger partial charge in [0.2, 0.25) is 0 Å². The number of pyridine rings is 2. The molecule has 2 heterocycles. The van der Waals surface area contributed by atoms with E-state index >= 15 is 0 Å². The summed E-state index contributed by atoms with van der Waals surface area (Å²) < 4.78 is 9.06. The number of likely N-dealkylation sites (N-methyl/N-ethyl adjacent to an activating group) is 2. The molecule has 190 valence electrons. The summed E-state index contributed by atoms with van der Waals surface area (Å²) in [7, 11) is 3.82. The van der Waals surface area contributed by atoms with Gasteiger partial charge in [-0.15, -0.1) is 0 Å². The lowest BCUT2D eigenvalue weighted by atomic mass is 10.2. The van der Waals surface area contributed by atoms with Crippen molar-refractivity contribution in [3.8, 4) is 0 Å². The van der Waals surface area contributed by atoms with Gasteiger partial charge < -0.3 is 29.5 Å². The first-order valence-corrected chi connectivity index (χ1v) is 10.5. The molecule has 2 atom stereocenters. The van der Waals surface area contributed by atoms with E-state index in [-0.39, 0.29) is 17.9 Å². The summed E-state index contributed by atoms with van der Waals surface area (Å²) in [5.41, 5.74) is 0.430. The Morgan fingerprint density at radius 2 is 1.29 bits per heavy atom. The number of hydrogen-bond acceptors (Lipinski definition) is 10. The standard InChI is InChI=1S/C12H16N2O4.C11H14N2O4/c1-3-14(10(8-15)12(17)18-2)11(16)9-6-4-5-7-13-9;1-13(9(7-14)11(16)17-2)10(15)8-5-3-4-6-12-8/h4-7,10,15H,3,8H2,1-2H3;3-6,9,14H,7H2,1-2H3. The number of esters is 2. The smallest absolute Gasteiger partial charge is 0.331 e. The highest BCUT2D eigenvalue weighted by atomic mass is 16.5. The highest BCUT2D eigenvalue weighted by Gasteiger charge is 2.30. The molecule has 0 aliphatic rings. The van der Waals surface area contributed by atoms with Gasteiger partial charge in [0.25, 0.3) is 11.8 Å². The molecule has 0 bridgehead atoms. The molecule has 0 radical (unpaired) electrons. The van der Waals surface area contributed by atoms with Gasteiger partial charge in [0.15, 0.2) is 12.1 Å². The van der Waals surface area contributed by atoms with E-state index in [4.69, 9.17) is 5.11 Å². The molecule has 2 N–H and O–H groups in total. The van der Waals surface area contributed by atoms with Crippen molar-refractivity contribution in [1.29, 1.82) is 0 Å².